The highest BCUT2D eigenvalue weighted by atomic mass is 16.5. The Morgan fingerprint density at radius 3 is 2.35 bits per heavy atom. The Labute approximate surface area is 118 Å². The molecule has 1 aromatic heterocycles. The van der Waals surface area contributed by atoms with Gasteiger partial charge in [0.1, 0.15) is 5.69 Å². The zero-order valence-corrected chi connectivity index (χ0v) is 11.6. The summed E-state index contributed by atoms with van der Waals surface area (Å²) in [5, 5.41) is 4.13. The highest BCUT2D eigenvalue weighted by Crippen LogP contribution is 2.36. The van der Waals surface area contributed by atoms with E-state index in [0.717, 1.165) is 22.4 Å². The van der Waals surface area contributed by atoms with Gasteiger partial charge in [-0.3, -0.25) is 0 Å². The van der Waals surface area contributed by atoms with Gasteiger partial charge in [0.2, 0.25) is 5.88 Å². The van der Waals surface area contributed by atoms with Crippen molar-refractivity contribution < 1.29 is 4.52 Å². The maximum atomic E-state index is 5.95. The van der Waals surface area contributed by atoms with Crippen molar-refractivity contribution in [3.8, 4) is 22.4 Å². The molecule has 0 atom stereocenters. The molecule has 0 saturated heterocycles. The lowest BCUT2D eigenvalue weighted by Gasteiger charge is -2.05. The molecule has 100 valence electrons. The molecular formula is C17H16N2O. The number of rotatable bonds is 2. The first-order valence-electron chi connectivity index (χ1n) is 6.55. The van der Waals surface area contributed by atoms with Crippen LogP contribution in [0, 0.1) is 13.8 Å². The molecule has 0 fully saturated rings. The lowest BCUT2D eigenvalue weighted by atomic mass is 9.98. The SMILES string of the molecule is Cc1ccc(-c2noc(N)c2-c2ccccc2)cc1C. The summed E-state index contributed by atoms with van der Waals surface area (Å²) in [6, 6.07) is 16.2. The van der Waals surface area contributed by atoms with Gasteiger partial charge in [-0.15, -0.1) is 0 Å². The van der Waals surface area contributed by atoms with Crippen LogP contribution in [0.5, 0.6) is 0 Å². The van der Waals surface area contributed by atoms with Crippen molar-refractivity contribution in [2.24, 2.45) is 0 Å². The van der Waals surface area contributed by atoms with Crippen LogP contribution < -0.4 is 5.73 Å². The standard InChI is InChI=1S/C17H16N2O/c1-11-8-9-14(10-12(11)2)16-15(17(18)20-19-16)13-6-4-3-5-7-13/h3-10H,18H2,1-2H3. The molecule has 0 aliphatic heterocycles. The zero-order chi connectivity index (χ0) is 14.1. The first-order chi connectivity index (χ1) is 9.66. The maximum absolute atomic E-state index is 5.95. The molecule has 0 unspecified atom stereocenters. The van der Waals surface area contributed by atoms with Crippen molar-refractivity contribution >= 4 is 5.88 Å². The Morgan fingerprint density at radius 2 is 1.65 bits per heavy atom. The lowest BCUT2D eigenvalue weighted by Crippen LogP contribution is -1.89. The molecule has 3 nitrogen and oxygen atoms in total. The molecule has 0 amide bonds. The Balaban J connectivity index is 2.18. The number of nitrogen functional groups attached to an aromatic ring is 1. The van der Waals surface area contributed by atoms with E-state index < -0.39 is 0 Å². The van der Waals surface area contributed by atoms with E-state index in [1.165, 1.54) is 11.1 Å². The first-order valence-corrected chi connectivity index (χ1v) is 6.55. The molecule has 3 heteroatoms. The minimum Gasteiger partial charge on any atom is -0.367 e. The Kier molecular flexibility index (Phi) is 3.03. The maximum Gasteiger partial charge on any atom is 0.230 e. The van der Waals surface area contributed by atoms with Crippen molar-refractivity contribution in [3.63, 3.8) is 0 Å². The van der Waals surface area contributed by atoms with Crippen LogP contribution in [0.3, 0.4) is 0 Å². The lowest BCUT2D eigenvalue weighted by molar-refractivity contribution is 0.439. The quantitative estimate of drug-likeness (QED) is 0.754. The minimum atomic E-state index is 0.351. The number of aryl methyl sites for hydroxylation is 2. The second kappa shape index (κ2) is 4.85. The fraction of sp³-hybridized carbons (Fsp3) is 0.118. The van der Waals surface area contributed by atoms with Gasteiger partial charge >= 0.3 is 0 Å². The van der Waals surface area contributed by atoms with Crippen LogP contribution in [0.25, 0.3) is 22.4 Å². The van der Waals surface area contributed by atoms with E-state index in [-0.39, 0.29) is 0 Å². The molecule has 20 heavy (non-hydrogen) atoms. The van der Waals surface area contributed by atoms with Gasteiger partial charge in [0, 0.05) is 5.56 Å². The third-order valence-corrected chi connectivity index (χ3v) is 3.56. The summed E-state index contributed by atoms with van der Waals surface area (Å²) in [6.07, 6.45) is 0. The highest BCUT2D eigenvalue weighted by molar-refractivity contribution is 5.86. The Hall–Kier alpha value is -2.55. The van der Waals surface area contributed by atoms with Gasteiger partial charge in [-0.1, -0.05) is 47.6 Å². The van der Waals surface area contributed by atoms with E-state index in [9.17, 15) is 0 Å². The average molecular weight is 264 g/mol. The smallest absolute Gasteiger partial charge is 0.230 e. The summed E-state index contributed by atoms with van der Waals surface area (Å²) >= 11 is 0. The fourth-order valence-corrected chi connectivity index (χ4v) is 2.27. The van der Waals surface area contributed by atoms with Crippen molar-refractivity contribution in [1.29, 1.82) is 0 Å². The minimum absolute atomic E-state index is 0.351. The highest BCUT2D eigenvalue weighted by Gasteiger charge is 2.17. The summed E-state index contributed by atoms with van der Waals surface area (Å²) in [7, 11) is 0. The third-order valence-electron chi connectivity index (χ3n) is 3.56. The molecule has 3 aromatic rings. The molecule has 0 spiro atoms. The summed E-state index contributed by atoms with van der Waals surface area (Å²) in [6.45, 7) is 4.18. The second-order valence-electron chi connectivity index (χ2n) is 4.94. The molecular weight excluding hydrogens is 248 g/mol. The van der Waals surface area contributed by atoms with Crippen LogP contribution in [0.1, 0.15) is 11.1 Å². The van der Waals surface area contributed by atoms with Gasteiger partial charge < -0.3 is 10.3 Å². The number of hydrogen-bond donors (Lipinski definition) is 1. The first kappa shape index (κ1) is 12.5. The summed E-state index contributed by atoms with van der Waals surface area (Å²) in [4.78, 5) is 0. The zero-order valence-electron chi connectivity index (χ0n) is 11.6. The van der Waals surface area contributed by atoms with Gasteiger partial charge in [-0.25, -0.2) is 0 Å². The van der Waals surface area contributed by atoms with E-state index in [1.54, 1.807) is 0 Å². The van der Waals surface area contributed by atoms with E-state index in [4.69, 9.17) is 10.3 Å². The Bertz CT molecular complexity index is 745. The predicted molar refractivity (Wildman–Crippen MR) is 81.3 cm³/mol. The van der Waals surface area contributed by atoms with Crippen molar-refractivity contribution in [2.75, 3.05) is 5.73 Å². The van der Waals surface area contributed by atoms with Crippen molar-refractivity contribution in [1.82, 2.24) is 5.16 Å². The summed E-state index contributed by atoms with van der Waals surface area (Å²) in [5.74, 6) is 0.351. The van der Waals surface area contributed by atoms with Crippen LogP contribution in [0.15, 0.2) is 53.1 Å². The van der Waals surface area contributed by atoms with Gasteiger partial charge in [0.15, 0.2) is 0 Å². The molecule has 0 saturated carbocycles. The van der Waals surface area contributed by atoms with E-state index >= 15 is 0 Å². The molecule has 0 bridgehead atoms. The topological polar surface area (TPSA) is 52.0 Å². The second-order valence-corrected chi connectivity index (χ2v) is 4.94. The van der Waals surface area contributed by atoms with Crippen molar-refractivity contribution in [2.45, 2.75) is 13.8 Å². The van der Waals surface area contributed by atoms with Crippen LogP contribution in [0.4, 0.5) is 5.88 Å². The molecule has 3 rings (SSSR count). The van der Waals surface area contributed by atoms with Crippen molar-refractivity contribution in [3.05, 3.63) is 59.7 Å². The normalized spacial score (nSPS) is 10.7. The van der Waals surface area contributed by atoms with Gasteiger partial charge in [-0.05, 0) is 36.6 Å². The predicted octanol–water partition coefficient (Wildman–Crippen LogP) is 4.21. The van der Waals surface area contributed by atoms with Crippen LogP contribution in [-0.2, 0) is 0 Å². The molecule has 2 N–H and O–H groups in total. The number of hydrogen-bond acceptors (Lipinski definition) is 3. The monoisotopic (exact) mass is 264 g/mol. The van der Waals surface area contributed by atoms with Gasteiger partial charge in [0.05, 0.1) is 5.56 Å². The number of nitrogens with zero attached hydrogens (tertiary/aromatic N) is 1. The molecule has 0 aliphatic carbocycles. The number of benzene rings is 2. The number of aromatic nitrogens is 1. The van der Waals surface area contributed by atoms with E-state index in [0.29, 0.717) is 5.88 Å². The van der Waals surface area contributed by atoms with Crippen LogP contribution in [-0.4, -0.2) is 5.16 Å². The summed E-state index contributed by atoms with van der Waals surface area (Å²) in [5.41, 5.74) is 12.1. The van der Waals surface area contributed by atoms with Crippen LogP contribution >= 0.6 is 0 Å². The molecule has 2 aromatic carbocycles. The molecule has 0 aliphatic rings. The average Bonchev–Trinajstić information content (AvgIpc) is 2.85. The van der Waals surface area contributed by atoms with Gasteiger partial charge in [-0.2, -0.15) is 0 Å². The molecule has 1 heterocycles. The van der Waals surface area contributed by atoms with E-state index in [2.05, 4.69) is 31.1 Å². The Morgan fingerprint density at radius 1 is 0.900 bits per heavy atom. The molecule has 0 radical (unpaired) electrons. The summed E-state index contributed by atoms with van der Waals surface area (Å²) < 4.78 is 5.20. The number of anilines is 1. The third kappa shape index (κ3) is 2.07. The van der Waals surface area contributed by atoms with Gasteiger partial charge in [0.25, 0.3) is 0 Å². The van der Waals surface area contributed by atoms with E-state index in [1.807, 2.05) is 36.4 Å². The van der Waals surface area contributed by atoms with Crippen LogP contribution in [0.2, 0.25) is 0 Å². The number of nitrogens with two attached hydrogens (primary N) is 1. The largest absolute Gasteiger partial charge is 0.367 e. The fourth-order valence-electron chi connectivity index (χ4n) is 2.27.